The predicted octanol–water partition coefficient (Wildman–Crippen LogP) is 3.08. The van der Waals surface area contributed by atoms with E-state index in [1.165, 1.54) is 0 Å². The minimum absolute atomic E-state index is 0.0115. The lowest BCUT2D eigenvalue weighted by molar-refractivity contribution is -0.0653. The third-order valence-electron chi connectivity index (χ3n) is 5.28. The second-order valence-corrected chi connectivity index (χ2v) is 8.28. The smallest absolute Gasteiger partial charge is 0.410 e. The van der Waals surface area contributed by atoms with E-state index in [4.69, 9.17) is 4.74 Å². The summed E-state index contributed by atoms with van der Waals surface area (Å²) in [5.41, 5.74) is 0.216. The van der Waals surface area contributed by atoms with Crippen molar-refractivity contribution >= 4 is 11.7 Å². The van der Waals surface area contributed by atoms with Crippen LogP contribution in [0.25, 0.3) is 5.65 Å². The molecule has 2 atom stereocenters. The summed E-state index contributed by atoms with van der Waals surface area (Å²) < 4.78 is 7.53. The molecule has 25 heavy (non-hydrogen) atoms. The number of aliphatic hydroxyl groups is 1. The maximum Gasteiger partial charge on any atom is 0.410 e. The molecule has 2 saturated heterocycles. The first-order valence-electron chi connectivity index (χ1n) is 8.93. The Balaban J connectivity index is 1.63. The van der Waals surface area contributed by atoms with E-state index in [1.54, 1.807) is 6.20 Å². The van der Waals surface area contributed by atoms with E-state index >= 15 is 0 Å². The molecule has 1 N–H and O–H groups in total. The number of rotatable bonds is 1. The Hall–Kier alpha value is -2.08. The van der Waals surface area contributed by atoms with Crippen molar-refractivity contribution in [1.82, 2.24) is 14.3 Å². The van der Waals surface area contributed by atoms with Gasteiger partial charge in [-0.2, -0.15) is 0 Å². The number of imidazole rings is 1. The molecule has 2 unspecified atom stereocenters. The van der Waals surface area contributed by atoms with Gasteiger partial charge in [0.1, 0.15) is 16.8 Å². The van der Waals surface area contributed by atoms with E-state index in [0.29, 0.717) is 12.8 Å². The van der Waals surface area contributed by atoms with Crippen LogP contribution in [0.5, 0.6) is 0 Å². The van der Waals surface area contributed by atoms with Crippen LogP contribution in [0.1, 0.15) is 52.1 Å². The van der Waals surface area contributed by atoms with Gasteiger partial charge in [-0.15, -0.1) is 0 Å². The fraction of sp³-hybridized carbons (Fsp3) is 0.579. The Bertz CT molecular complexity index is 794. The number of ether oxygens (including phenoxy) is 1. The molecule has 0 radical (unpaired) electrons. The number of pyridine rings is 1. The van der Waals surface area contributed by atoms with Crippen molar-refractivity contribution in [3.8, 4) is 0 Å². The summed E-state index contributed by atoms with van der Waals surface area (Å²) in [6, 6.07) is 5.83. The molecular formula is C19H25N3O3. The van der Waals surface area contributed by atoms with Crippen molar-refractivity contribution < 1.29 is 14.6 Å². The first-order valence-corrected chi connectivity index (χ1v) is 8.93. The number of hydrogen-bond donors (Lipinski definition) is 1. The summed E-state index contributed by atoms with van der Waals surface area (Å²) in [6.45, 7) is 5.65. The molecule has 4 heterocycles. The number of carbonyl (C=O) groups excluding carboxylic acids is 1. The lowest BCUT2D eigenvalue weighted by Gasteiger charge is -2.44. The van der Waals surface area contributed by atoms with Gasteiger partial charge in [0.2, 0.25) is 0 Å². The molecule has 0 saturated carbocycles. The standard InChI is InChI=1S/C19H25N3O3/c1-18(2,3)25-17(23)22-13-7-8-14(22)12-19(24,11-13)15-5-4-6-16-20-9-10-21(15)16/h4-6,9-10,13-14,24H,7-8,11-12H2,1-3H3. The normalized spacial score (nSPS) is 29.2. The molecular weight excluding hydrogens is 318 g/mol. The summed E-state index contributed by atoms with van der Waals surface area (Å²) >= 11 is 0. The van der Waals surface area contributed by atoms with Crippen LogP contribution in [-0.4, -0.2) is 43.2 Å². The highest BCUT2D eigenvalue weighted by Gasteiger charge is 2.51. The maximum atomic E-state index is 12.6. The van der Waals surface area contributed by atoms with Crippen molar-refractivity contribution in [3.05, 3.63) is 36.3 Å². The van der Waals surface area contributed by atoms with Gasteiger partial charge in [-0.25, -0.2) is 9.78 Å². The zero-order valence-corrected chi connectivity index (χ0v) is 15.0. The van der Waals surface area contributed by atoms with Crippen molar-refractivity contribution in [2.24, 2.45) is 0 Å². The van der Waals surface area contributed by atoms with Crippen LogP contribution < -0.4 is 0 Å². The van der Waals surface area contributed by atoms with Gasteiger partial charge in [0.25, 0.3) is 0 Å². The quantitative estimate of drug-likeness (QED) is 0.864. The molecule has 2 bridgehead atoms. The summed E-state index contributed by atoms with van der Waals surface area (Å²) in [4.78, 5) is 18.8. The third-order valence-corrected chi connectivity index (χ3v) is 5.28. The molecule has 6 heteroatoms. The van der Waals surface area contributed by atoms with E-state index in [0.717, 1.165) is 24.2 Å². The van der Waals surface area contributed by atoms with E-state index < -0.39 is 11.2 Å². The molecule has 2 aliphatic rings. The molecule has 2 fully saturated rings. The fourth-order valence-electron chi connectivity index (χ4n) is 4.37. The SMILES string of the molecule is CC(C)(C)OC(=O)N1C2CCC1CC(O)(c1cccc3nccn13)C2. The highest BCUT2D eigenvalue weighted by Crippen LogP contribution is 2.46. The molecule has 2 aliphatic heterocycles. The van der Waals surface area contributed by atoms with Gasteiger partial charge in [0, 0.05) is 37.3 Å². The number of aromatic nitrogens is 2. The number of hydrogen-bond acceptors (Lipinski definition) is 4. The van der Waals surface area contributed by atoms with E-state index in [-0.39, 0.29) is 18.2 Å². The van der Waals surface area contributed by atoms with Crippen LogP contribution >= 0.6 is 0 Å². The van der Waals surface area contributed by atoms with Gasteiger partial charge in [-0.1, -0.05) is 6.07 Å². The van der Waals surface area contributed by atoms with Crippen LogP contribution in [0.3, 0.4) is 0 Å². The fourth-order valence-corrected chi connectivity index (χ4v) is 4.37. The zero-order valence-electron chi connectivity index (χ0n) is 15.0. The first kappa shape index (κ1) is 16.4. The number of piperidine rings is 1. The lowest BCUT2D eigenvalue weighted by atomic mass is 9.83. The zero-order chi connectivity index (χ0) is 17.8. The van der Waals surface area contributed by atoms with E-state index in [9.17, 15) is 9.90 Å². The van der Waals surface area contributed by atoms with Gasteiger partial charge in [-0.3, -0.25) is 0 Å². The van der Waals surface area contributed by atoms with E-state index in [1.807, 2.05) is 54.5 Å². The minimum Gasteiger partial charge on any atom is -0.444 e. The molecule has 134 valence electrons. The minimum atomic E-state index is -0.954. The summed E-state index contributed by atoms with van der Waals surface area (Å²) in [6.07, 6.45) is 6.23. The highest BCUT2D eigenvalue weighted by molar-refractivity contribution is 5.69. The second kappa shape index (κ2) is 5.46. The molecule has 4 rings (SSSR count). The Morgan fingerprint density at radius 3 is 2.60 bits per heavy atom. The first-order chi connectivity index (χ1) is 11.8. The van der Waals surface area contributed by atoms with Crippen LogP contribution in [0.2, 0.25) is 0 Å². The van der Waals surface area contributed by atoms with Crippen molar-refractivity contribution in [3.63, 3.8) is 0 Å². The summed E-state index contributed by atoms with van der Waals surface area (Å²) in [5, 5.41) is 11.4. The molecule has 6 nitrogen and oxygen atoms in total. The predicted molar refractivity (Wildman–Crippen MR) is 93.2 cm³/mol. The average Bonchev–Trinajstić information content (AvgIpc) is 3.08. The number of amides is 1. The van der Waals surface area contributed by atoms with Gasteiger partial charge >= 0.3 is 6.09 Å². The van der Waals surface area contributed by atoms with Gasteiger partial charge in [0.15, 0.2) is 0 Å². The van der Waals surface area contributed by atoms with Gasteiger partial charge in [-0.05, 0) is 45.7 Å². The Labute approximate surface area is 147 Å². The van der Waals surface area contributed by atoms with Gasteiger partial charge < -0.3 is 19.1 Å². The molecule has 0 spiro atoms. The van der Waals surface area contributed by atoms with Crippen LogP contribution in [0.4, 0.5) is 4.79 Å². The lowest BCUT2D eigenvalue weighted by Crippen LogP contribution is -2.53. The average molecular weight is 343 g/mol. The number of carbonyl (C=O) groups is 1. The Morgan fingerprint density at radius 2 is 1.96 bits per heavy atom. The molecule has 2 aromatic rings. The Morgan fingerprint density at radius 1 is 1.28 bits per heavy atom. The topological polar surface area (TPSA) is 67.1 Å². The number of nitrogens with zero attached hydrogens (tertiary/aromatic N) is 3. The molecule has 2 aromatic heterocycles. The van der Waals surface area contributed by atoms with Crippen LogP contribution in [0, 0.1) is 0 Å². The molecule has 1 amide bonds. The number of fused-ring (bicyclic) bond motifs is 3. The van der Waals surface area contributed by atoms with Crippen molar-refractivity contribution in [2.45, 2.75) is 69.7 Å². The van der Waals surface area contributed by atoms with Crippen molar-refractivity contribution in [2.75, 3.05) is 0 Å². The maximum absolute atomic E-state index is 12.6. The summed E-state index contributed by atoms with van der Waals surface area (Å²) in [7, 11) is 0. The Kier molecular flexibility index (Phi) is 3.58. The summed E-state index contributed by atoms with van der Waals surface area (Å²) in [5.74, 6) is 0. The largest absolute Gasteiger partial charge is 0.444 e. The van der Waals surface area contributed by atoms with Gasteiger partial charge in [0.05, 0.1) is 5.69 Å². The van der Waals surface area contributed by atoms with Crippen LogP contribution in [-0.2, 0) is 10.3 Å². The second-order valence-electron chi connectivity index (χ2n) is 8.28. The van der Waals surface area contributed by atoms with E-state index in [2.05, 4.69) is 4.98 Å². The highest BCUT2D eigenvalue weighted by atomic mass is 16.6. The molecule has 0 aliphatic carbocycles. The van der Waals surface area contributed by atoms with Crippen LogP contribution in [0.15, 0.2) is 30.6 Å². The molecule has 0 aromatic carbocycles. The monoisotopic (exact) mass is 343 g/mol. The third kappa shape index (κ3) is 2.78. The van der Waals surface area contributed by atoms with Crippen molar-refractivity contribution in [1.29, 1.82) is 0 Å².